The average molecular weight is 313 g/mol. The number of carbonyl (C=O) groups excluding carboxylic acids is 2. The zero-order valence-corrected chi connectivity index (χ0v) is 13.5. The number of carbonyl (C=O) groups is 2. The molecule has 0 saturated carbocycles. The zero-order valence-electron chi connectivity index (χ0n) is 12.7. The average Bonchev–Trinajstić information content (AvgIpc) is 2.73. The Morgan fingerprint density at radius 1 is 1.43 bits per heavy atom. The van der Waals surface area contributed by atoms with Gasteiger partial charge in [0, 0.05) is 12.6 Å². The van der Waals surface area contributed by atoms with Crippen molar-refractivity contribution in [3.63, 3.8) is 0 Å². The third kappa shape index (κ3) is 5.22. The van der Waals surface area contributed by atoms with E-state index in [1.54, 1.807) is 0 Å². The van der Waals surface area contributed by atoms with E-state index in [2.05, 4.69) is 10.3 Å². The molecular formula is C13H23N5O2S. The molecule has 7 nitrogen and oxygen atoms in total. The Morgan fingerprint density at radius 3 is 2.62 bits per heavy atom. The van der Waals surface area contributed by atoms with Gasteiger partial charge in [-0.25, -0.2) is 4.98 Å². The molecule has 8 heteroatoms. The summed E-state index contributed by atoms with van der Waals surface area (Å²) in [5.41, 5.74) is 11.0. The van der Waals surface area contributed by atoms with Crippen LogP contribution >= 0.6 is 11.3 Å². The minimum absolute atomic E-state index is 0.108. The predicted octanol–water partition coefficient (Wildman–Crippen LogP) is 1.27. The van der Waals surface area contributed by atoms with Crippen LogP contribution in [0.15, 0.2) is 0 Å². The second kappa shape index (κ2) is 7.82. The highest BCUT2D eigenvalue weighted by molar-refractivity contribution is 7.18. The number of thiazole rings is 1. The van der Waals surface area contributed by atoms with Crippen LogP contribution in [0.4, 0.5) is 10.9 Å². The number of nitrogens with one attached hydrogen (secondary N) is 1. The smallest absolute Gasteiger partial charge is 0.268 e. The van der Waals surface area contributed by atoms with Crippen molar-refractivity contribution in [1.82, 2.24) is 9.88 Å². The molecule has 21 heavy (non-hydrogen) atoms. The molecule has 0 unspecified atom stereocenters. The number of hydrogen-bond donors (Lipinski definition) is 3. The molecular weight excluding hydrogens is 290 g/mol. The lowest BCUT2D eigenvalue weighted by atomic mass is 10.3. The van der Waals surface area contributed by atoms with Gasteiger partial charge in [0.25, 0.3) is 5.91 Å². The largest absolute Gasteiger partial charge is 0.382 e. The number of unbranched alkanes of at least 4 members (excludes halogenated alkanes) is 1. The Morgan fingerprint density at radius 2 is 2.10 bits per heavy atom. The van der Waals surface area contributed by atoms with Gasteiger partial charge in [-0.1, -0.05) is 24.7 Å². The van der Waals surface area contributed by atoms with E-state index in [-0.39, 0.29) is 24.3 Å². The van der Waals surface area contributed by atoms with Crippen LogP contribution in [0, 0.1) is 0 Å². The summed E-state index contributed by atoms with van der Waals surface area (Å²) in [5, 5.41) is 3.71. The zero-order chi connectivity index (χ0) is 16.0. The fraction of sp³-hybridized carbons (Fsp3) is 0.615. The summed E-state index contributed by atoms with van der Waals surface area (Å²) < 4.78 is 0. The second-order valence-corrected chi connectivity index (χ2v) is 6.08. The van der Waals surface area contributed by atoms with Crippen molar-refractivity contribution in [3.05, 3.63) is 4.88 Å². The first-order valence-corrected chi connectivity index (χ1v) is 7.77. The third-order valence-electron chi connectivity index (χ3n) is 2.68. The van der Waals surface area contributed by atoms with Gasteiger partial charge < -0.3 is 21.7 Å². The van der Waals surface area contributed by atoms with Crippen LogP contribution in [-0.4, -0.2) is 40.8 Å². The molecule has 0 aliphatic heterocycles. The standard InChI is InChI=1S/C13H23N5O2S/c1-4-5-6-18(7-9(14)19)12(20)10-11(15)17-13(21-10)16-8(2)3/h8H,4-7,15H2,1-3H3,(H2,14,19)(H,16,17). The lowest BCUT2D eigenvalue weighted by Gasteiger charge is -2.20. The molecule has 0 bridgehead atoms. The van der Waals surface area contributed by atoms with E-state index < -0.39 is 5.91 Å². The van der Waals surface area contributed by atoms with Gasteiger partial charge in [-0.15, -0.1) is 0 Å². The van der Waals surface area contributed by atoms with E-state index in [1.807, 2.05) is 20.8 Å². The molecule has 0 saturated heterocycles. The predicted molar refractivity (Wildman–Crippen MR) is 85.3 cm³/mol. The molecule has 0 atom stereocenters. The highest BCUT2D eigenvalue weighted by atomic mass is 32.1. The van der Waals surface area contributed by atoms with Crippen LogP contribution in [-0.2, 0) is 4.79 Å². The fourth-order valence-electron chi connectivity index (χ4n) is 1.73. The van der Waals surface area contributed by atoms with Crippen LogP contribution in [0.2, 0.25) is 0 Å². The van der Waals surface area contributed by atoms with Gasteiger partial charge in [-0.2, -0.15) is 0 Å². The maximum atomic E-state index is 12.5. The Labute approximate surface area is 128 Å². The minimum atomic E-state index is -0.539. The molecule has 1 aromatic heterocycles. The summed E-state index contributed by atoms with van der Waals surface area (Å²) >= 11 is 1.19. The van der Waals surface area contributed by atoms with Gasteiger partial charge in [0.2, 0.25) is 5.91 Å². The van der Waals surface area contributed by atoms with Gasteiger partial charge in [0.1, 0.15) is 10.7 Å². The summed E-state index contributed by atoms with van der Waals surface area (Å²) in [6.07, 6.45) is 1.72. The normalized spacial score (nSPS) is 10.7. The first-order valence-electron chi connectivity index (χ1n) is 6.95. The molecule has 0 aromatic carbocycles. The van der Waals surface area contributed by atoms with Crippen LogP contribution in [0.25, 0.3) is 0 Å². The molecule has 1 rings (SSSR count). The van der Waals surface area contributed by atoms with E-state index in [1.165, 1.54) is 16.2 Å². The second-order valence-electron chi connectivity index (χ2n) is 5.08. The lowest BCUT2D eigenvalue weighted by molar-refractivity contribution is -0.118. The lowest BCUT2D eigenvalue weighted by Crippen LogP contribution is -2.39. The van der Waals surface area contributed by atoms with Crippen molar-refractivity contribution in [2.24, 2.45) is 5.73 Å². The molecule has 2 amide bonds. The summed E-state index contributed by atoms with van der Waals surface area (Å²) in [5.74, 6) is -0.656. The number of nitrogen functional groups attached to an aromatic ring is 1. The summed E-state index contributed by atoms with van der Waals surface area (Å²) in [7, 11) is 0. The Kier molecular flexibility index (Phi) is 6.41. The van der Waals surface area contributed by atoms with Crippen molar-refractivity contribution < 1.29 is 9.59 Å². The number of primary amides is 1. The Balaban J connectivity index is 2.91. The molecule has 5 N–H and O–H groups in total. The number of rotatable bonds is 8. The monoisotopic (exact) mass is 313 g/mol. The van der Waals surface area contributed by atoms with Gasteiger partial charge in [0.05, 0.1) is 6.54 Å². The number of nitrogens with two attached hydrogens (primary N) is 2. The van der Waals surface area contributed by atoms with Gasteiger partial charge in [0.15, 0.2) is 5.13 Å². The summed E-state index contributed by atoms with van der Waals surface area (Å²) in [4.78, 5) is 29.5. The van der Waals surface area contributed by atoms with Crippen molar-refractivity contribution in [1.29, 1.82) is 0 Å². The molecule has 1 heterocycles. The van der Waals surface area contributed by atoms with Crippen LogP contribution < -0.4 is 16.8 Å². The topological polar surface area (TPSA) is 114 Å². The minimum Gasteiger partial charge on any atom is -0.382 e. The van der Waals surface area contributed by atoms with Gasteiger partial charge >= 0.3 is 0 Å². The SMILES string of the molecule is CCCCN(CC(N)=O)C(=O)c1sc(NC(C)C)nc1N. The highest BCUT2D eigenvalue weighted by Crippen LogP contribution is 2.26. The Hall–Kier alpha value is -1.83. The highest BCUT2D eigenvalue weighted by Gasteiger charge is 2.23. The molecule has 1 aromatic rings. The first kappa shape index (κ1) is 17.2. The summed E-state index contributed by atoms with van der Waals surface area (Å²) in [6.45, 7) is 6.32. The van der Waals surface area contributed by atoms with Crippen LogP contribution in [0.5, 0.6) is 0 Å². The maximum Gasteiger partial charge on any atom is 0.268 e. The molecule has 0 radical (unpaired) electrons. The van der Waals surface area contributed by atoms with Crippen molar-refractivity contribution in [2.45, 2.75) is 39.7 Å². The molecule has 0 spiro atoms. The molecule has 118 valence electrons. The number of amides is 2. The van der Waals surface area contributed by atoms with Gasteiger partial charge in [-0.05, 0) is 20.3 Å². The summed E-state index contributed by atoms with van der Waals surface area (Å²) in [6, 6.07) is 0.195. The maximum absolute atomic E-state index is 12.5. The third-order valence-corrected chi connectivity index (χ3v) is 3.67. The fourth-order valence-corrected chi connectivity index (χ4v) is 2.73. The van der Waals surface area contributed by atoms with Crippen LogP contribution in [0.1, 0.15) is 43.3 Å². The van der Waals surface area contributed by atoms with Crippen molar-refractivity contribution in [2.75, 3.05) is 24.1 Å². The van der Waals surface area contributed by atoms with Crippen molar-refractivity contribution in [3.8, 4) is 0 Å². The van der Waals surface area contributed by atoms with E-state index >= 15 is 0 Å². The number of nitrogens with zero attached hydrogens (tertiary/aromatic N) is 2. The quantitative estimate of drug-likeness (QED) is 0.668. The number of hydrogen-bond acceptors (Lipinski definition) is 6. The number of anilines is 2. The van der Waals surface area contributed by atoms with E-state index in [0.717, 1.165) is 12.8 Å². The molecule has 0 fully saturated rings. The van der Waals surface area contributed by atoms with E-state index in [9.17, 15) is 9.59 Å². The first-order chi connectivity index (χ1) is 9.85. The van der Waals surface area contributed by atoms with Crippen LogP contribution in [0.3, 0.4) is 0 Å². The van der Waals surface area contributed by atoms with E-state index in [0.29, 0.717) is 16.6 Å². The molecule has 0 aliphatic rings. The van der Waals surface area contributed by atoms with Crippen molar-refractivity contribution >= 4 is 34.1 Å². The van der Waals surface area contributed by atoms with Gasteiger partial charge in [-0.3, -0.25) is 9.59 Å². The Bertz CT molecular complexity index is 501. The number of aromatic nitrogens is 1. The van der Waals surface area contributed by atoms with E-state index in [4.69, 9.17) is 11.5 Å². The molecule has 0 aliphatic carbocycles.